The molecule has 0 spiro atoms. The van der Waals surface area contributed by atoms with Crippen LogP contribution in [-0.4, -0.2) is 37.7 Å². The summed E-state index contributed by atoms with van der Waals surface area (Å²) in [5.74, 6) is -4.13. The van der Waals surface area contributed by atoms with Crippen LogP contribution in [0.15, 0.2) is 11.1 Å². The van der Waals surface area contributed by atoms with Gasteiger partial charge in [0.2, 0.25) is 0 Å². The minimum atomic E-state index is -1.71. The molecule has 1 fully saturated rings. The van der Waals surface area contributed by atoms with E-state index in [0.29, 0.717) is 0 Å². The average Bonchev–Trinajstić information content (AvgIpc) is 2.89. The summed E-state index contributed by atoms with van der Waals surface area (Å²) in [6.45, 7) is -0.00222. The third-order valence-electron chi connectivity index (χ3n) is 3.33. The molecule has 21 heavy (non-hydrogen) atoms. The van der Waals surface area contributed by atoms with E-state index in [4.69, 9.17) is 9.47 Å². The summed E-state index contributed by atoms with van der Waals surface area (Å²) in [5, 5.41) is 22.1. The van der Waals surface area contributed by atoms with Crippen LogP contribution in [0.1, 0.15) is 38.5 Å². The fourth-order valence-electron chi connectivity index (χ4n) is 2.26. The van der Waals surface area contributed by atoms with Gasteiger partial charge in [-0.3, -0.25) is 4.79 Å². The van der Waals surface area contributed by atoms with Crippen molar-refractivity contribution in [2.24, 2.45) is 0 Å². The Kier molecular flexibility index (Phi) is 6.87. The zero-order valence-corrected chi connectivity index (χ0v) is 11.9. The predicted molar refractivity (Wildman–Crippen MR) is 66.5 cm³/mol. The fourth-order valence-corrected chi connectivity index (χ4v) is 2.26. The molecule has 0 saturated heterocycles. The molecule has 1 saturated carbocycles. The smallest absolute Gasteiger partial charge is 0.310 e. The zero-order valence-electron chi connectivity index (χ0n) is 11.9. The van der Waals surface area contributed by atoms with E-state index in [9.17, 15) is 24.6 Å². The highest BCUT2D eigenvalue weighted by atomic mass is 16.5. The lowest BCUT2D eigenvalue weighted by Crippen LogP contribution is -2.33. The predicted octanol–water partition coefficient (Wildman–Crippen LogP) is -1.30. The van der Waals surface area contributed by atoms with Gasteiger partial charge in [0.05, 0.1) is 25.0 Å². The number of carbonyl (C=O) groups is 3. The van der Waals surface area contributed by atoms with Crippen LogP contribution in [0.5, 0.6) is 0 Å². The molecule has 0 aromatic heterocycles. The molecule has 0 radical (unpaired) electrons. The number of carboxylic acids is 2. The summed E-state index contributed by atoms with van der Waals surface area (Å²) in [4.78, 5) is 33.8. The highest BCUT2D eigenvalue weighted by Crippen LogP contribution is 2.22. The van der Waals surface area contributed by atoms with Gasteiger partial charge in [-0.2, -0.15) is 0 Å². The Morgan fingerprint density at radius 1 is 1.05 bits per heavy atom. The van der Waals surface area contributed by atoms with Crippen molar-refractivity contribution in [2.45, 2.75) is 44.6 Å². The number of methoxy groups -OCH3 is 1. The quantitative estimate of drug-likeness (QED) is 0.403. The highest BCUT2D eigenvalue weighted by Gasteiger charge is 2.21. The number of hydrogen-bond donors (Lipinski definition) is 0. The minimum Gasteiger partial charge on any atom is -0.545 e. The largest absolute Gasteiger partial charge is 0.545 e. The average molecular weight is 298 g/mol. The fraction of sp³-hybridized carbons (Fsp3) is 0.643. The second-order valence-electron chi connectivity index (χ2n) is 4.85. The van der Waals surface area contributed by atoms with Gasteiger partial charge >= 0.3 is 5.97 Å². The van der Waals surface area contributed by atoms with E-state index in [0.717, 1.165) is 25.7 Å². The molecule has 0 amide bonds. The third-order valence-corrected chi connectivity index (χ3v) is 3.33. The topological polar surface area (TPSA) is 116 Å². The normalized spacial score (nSPS) is 16.4. The number of hydrogen-bond acceptors (Lipinski definition) is 7. The molecule has 7 heteroatoms. The Balaban J connectivity index is 2.79. The van der Waals surface area contributed by atoms with Crippen molar-refractivity contribution in [3.8, 4) is 0 Å². The van der Waals surface area contributed by atoms with Crippen LogP contribution < -0.4 is 10.2 Å². The molecule has 7 nitrogen and oxygen atoms in total. The van der Waals surface area contributed by atoms with Crippen LogP contribution in [0.4, 0.5) is 0 Å². The van der Waals surface area contributed by atoms with Crippen molar-refractivity contribution in [1.29, 1.82) is 0 Å². The lowest BCUT2D eigenvalue weighted by Gasteiger charge is -2.18. The minimum absolute atomic E-state index is 0.00222. The lowest BCUT2D eigenvalue weighted by atomic mass is 10.0. The summed E-state index contributed by atoms with van der Waals surface area (Å²) in [6.07, 6.45) is 2.36. The second-order valence-corrected chi connectivity index (χ2v) is 4.85. The number of carboxylic acid groups (broad SMARTS) is 2. The summed E-state index contributed by atoms with van der Waals surface area (Å²) < 4.78 is 9.83. The summed E-state index contributed by atoms with van der Waals surface area (Å²) in [5.41, 5.74) is -1.12. The molecule has 1 aliphatic rings. The van der Waals surface area contributed by atoms with E-state index in [1.807, 2.05) is 0 Å². The summed E-state index contributed by atoms with van der Waals surface area (Å²) in [6, 6.07) is 0. The molecule has 1 aliphatic carbocycles. The van der Waals surface area contributed by atoms with Gasteiger partial charge in [0.1, 0.15) is 6.10 Å². The van der Waals surface area contributed by atoms with Gasteiger partial charge in [0.25, 0.3) is 0 Å². The van der Waals surface area contributed by atoms with Gasteiger partial charge in [-0.05, 0) is 43.3 Å². The van der Waals surface area contributed by atoms with Crippen molar-refractivity contribution >= 4 is 17.9 Å². The number of aliphatic carboxylic acids is 2. The summed E-state index contributed by atoms with van der Waals surface area (Å²) >= 11 is 0. The second kappa shape index (κ2) is 8.41. The van der Waals surface area contributed by atoms with Crippen molar-refractivity contribution < 1.29 is 34.1 Å². The van der Waals surface area contributed by atoms with Crippen molar-refractivity contribution in [3.63, 3.8) is 0 Å². The Morgan fingerprint density at radius 3 is 2.10 bits per heavy atom. The molecule has 118 valence electrons. The van der Waals surface area contributed by atoms with Crippen LogP contribution in [0.3, 0.4) is 0 Å². The van der Waals surface area contributed by atoms with Gasteiger partial charge in [-0.25, -0.2) is 0 Å². The third kappa shape index (κ3) is 5.55. The van der Waals surface area contributed by atoms with Gasteiger partial charge in [0.15, 0.2) is 0 Å². The molecule has 0 heterocycles. The van der Waals surface area contributed by atoms with Crippen LogP contribution in [0, 0.1) is 0 Å². The van der Waals surface area contributed by atoms with Crippen LogP contribution >= 0.6 is 0 Å². The first kappa shape index (κ1) is 17.2. The van der Waals surface area contributed by atoms with Gasteiger partial charge in [0, 0.05) is 7.11 Å². The highest BCUT2D eigenvalue weighted by molar-refractivity contribution is 6.00. The van der Waals surface area contributed by atoms with Crippen LogP contribution in [-0.2, 0) is 23.9 Å². The van der Waals surface area contributed by atoms with E-state index in [-0.39, 0.29) is 19.1 Å². The molecular formula is C14H18O7-2. The van der Waals surface area contributed by atoms with Crippen molar-refractivity contribution in [1.82, 2.24) is 0 Å². The van der Waals surface area contributed by atoms with Gasteiger partial charge in [-0.15, -0.1) is 0 Å². The molecule has 0 bridgehead atoms. The van der Waals surface area contributed by atoms with Crippen LogP contribution in [0.25, 0.3) is 0 Å². The first-order valence-corrected chi connectivity index (χ1v) is 6.78. The molecule has 0 aromatic rings. The van der Waals surface area contributed by atoms with Gasteiger partial charge < -0.3 is 29.3 Å². The zero-order chi connectivity index (χ0) is 15.8. The van der Waals surface area contributed by atoms with E-state index in [1.54, 1.807) is 0 Å². The Hall–Kier alpha value is -1.89. The Bertz CT molecular complexity index is 433. The standard InChI is InChI=1S/C14H20O7/c1-20-7-6-10(13(16)17)11(14(18)19)8-12(15)21-9-4-2-3-5-9/h9H,2-8H2,1H3,(H,16,17)(H,18,19)/p-2/b11-10+. The Morgan fingerprint density at radius 2 is 1.62 bits per heavy atom. The van der Waals surface area contributed by atoms with E-state index < -0.39 is 35.5 Å². The maximum atomic E-state index is 11.7. The molecular weight excluding hydrogens is 280 g/mol. The maximum absolute atomic E-state index is 11.7. The number of rotatable bonds is 8. The van der Waals surface area contributed by atoms with Crippen molar-refractivity contribution in [3.05, 3.63) is 11.1 Å². The lowest BCUT2D eigenvalue weighted by molar-refractivity contribution is -0.304. The van der Waals surface area contributed by atoms with E-state index in [1.165, 1.54) is 7.11 Å². The van der Waals surface area contributed by atoms with Crippen molar-refractivity contribution in [2.75, 3.05) is 13.7 Å². The molecule has 0 aliphatic heterocycles. The maximum Gasteiger partial charge on any atom is 0.310 e. The first-order valence-electron chi connectivity index (χ1n) is 6.78. The number of esters is 1. The van der Waals surface area contributed by atoms with Gasteiger partial charge in [-0.1, -0.05) is 0 Å². The molecule has 1 rings (SSSR count). The molecule has 0 N–H and O–H groups in total. The first-order chi connectivity index (χ1) is 9.95. The Labute approximate surface area is 122 Å². The molecule has 0 atom stereocenters. The monoisotopic (exact) mass is 298 g/mol. The number of ether oxygens (including phenoxy) is 2. The van der Waals surface area contributed by atoms with Crippen LogP contribution in [0.2, 0.25) is 0 Å². The summed E-state index contributed by atoms with van der Waals surface area (Å²) in [7, 11) is 1.35. The molecule has 0 aromatic carbocycles. The van der Waals surface area contributed by atoms with E-state index >= 15 is 0 Å². The SMILES string of the molecule is COCC/C(C(=O)[O-])=C(/CC(=O)OC1CCCC1)C(=O)[O-]. The molecule has 0 unspecified atom stereocenters. The van der Waals surface area contributed by atoms with E-state index in [2.05, 4.69) is 0 Å². The number of carbonyl (C=O) groups excluding carboxylic acids is 3.